The highest BCUT2D eigenvalue weighted by Gasteiger charge is 2.22. The number of nitrogens with one attached hydrogen (secondary N) is 1. The summed E-state index contributed by atoms with van der Waals surface area (Å²) in [6.45, 7) is 3.67. The molecule has 150 valence electrons. The number of hydrogen-bond acceptors (Lipinski definition) is 9. The second-order valence-electron chi connectivity index (χ2n) is 5.37. The maximum absolute atomic E-state index is 11.0. The molecule has 1 aromatic carbocycles. The molecule has 2 heterocycles. The van der Waals surface area contributed by atoms with Crippen molar-refractivity contribution in [1.29, 1.82) is 0 Å². The fourth-order valence-electron chi connectivity index (χ4n) is 2.25. The van der Waals surface area contributed by atoms with Crippen LogP contribution < -0.4 is 5.32 Å². The van der Waals surface area contributed by atoms with Gasteiger partial charge in [0.05, 0.1) is 11.5 Å². The predicted molar refractivity (Wildman–Crippen MR) is 101 cm³/mol. The highest BCUT2D eigenvalue weighted by Crippen LogP contribution is 2.25. The summed E-state index contributed by atoms with van der Waals surface area (Å²) in [5, 5.41) is 28.0. The van der Waals surface area contributed by atoms with Crippen LogP contribution in [-0.4, -0.2) is 42.4 Å². The SMILES string of the molecule is Cc1nn(Cc2nnc(Nc3ccccc3)s2)c(C)c1[N+](=O)[O-].O=S(=O)(O)O. The highest BCUT2D eigenvalue weighted by atomic mass is 32.3. The molecule has 2 aromatic heterocycles. The van der Waals surface area contributed by atoms with E-state index in [1.165, 1.54) is 11.3 Å². The van der Waals surface area contributed by atoms with Gasteiger partial charge in [-0.05, 0) is 26.0 Å². The van der Waals surface area contributed by atoms with E-state index in [9.17, 15) is 10.1 Å². The normalized spacial score (nSPS) is 10.9. The van der Waals surface area contributed by atoms with Crippen LogP contribution in [0.15, 0.2) is 30.3 Å². The van der Waals surface area contributed by atoms with E-state index in [1.54, 1.807) is 18.5 Å². The van der Waals surface area contributed by atoms with E-state index >= 15 is 0 Å². The summed E-state index contributed by atoms with van der Waals surface area (Å²) >= 11 is 1.39. The van der Waals surface area contributed by atoms with E-state index in [0.29, 0.717) is 23.1 Å². The summed E-state index contributed by atoms with van der Waals surface area (Å²) < 4.78 is 33.2. The minimum atomic E-state index is -4.67. The zero-order chi connectivity index (χ0) is 20.9. The molecule has 0 aliphatic heterocycles. The average molecular weight is 428 g/mol. The van der Waals surface area contributed by atoms with E-state index in [4.69, 9.17) is 17.5 Å². The smallest absolute Gasteiger partial charge is 0.330 e. The first-order valence-electron chi connectivity index (χ1n) is 7.57. The largest absolute Gasteiger partial charge is 0.394 e. The molecule has 3 aromatic rings. The van der Waals surface area contributed by atoms with Crippen molar-refractivity contribution in [2.75, 3.05) is 5.32 Å². The molecule has 0 aliphatic carbocycles. The Kier molecular flexibility index (Phi) is 6.74. The third kappa shape index (κ3) is 6.34. The van der Waals surface area contributed by atoms with Gasteiger partial charge in [0.15, 0.2) is 0 Å². The monoisotopic (exact) mass is 428 g/mol. The van der Waals surface area contributed by atoms with Crippen molar-refractivity contribution in [3.63, 3.8) is 0 Å². The van der Waals surface area contributed by atoms with Gasteiger partial charge in [-0.3, -0.25) is 23.9 Å². The van der Waals surface area contributed by atoms with E-state index < -0.39 is 15.3 Å². The second kappa shape index (κ2) is 8.83. The lowest BCUT2D eigenvalue weighted by molar-refractivity contribution is -0.386. The number of nitro groups is 1. The van der Waals surface area contributed by atoms with Crippen LogP contribution in [-0.2, 0) is 16.9 Å². The van der Waals surface area contributed by atoms with Crippen LogP contribution in [0.25, 0.3) is 0 Å². The summed E-state index contributed by atoms with van der Waals surface area (Å²) in [4.78, 5) is 10.6. The van der Waals surface area contributed by atoms with E-state index in [1.807, 2.05) is 30.3 Å². The molecule has 3 N–H and O–H groups in total. The summed E-state index contributed by atoms with van der Waals surface area (Å²) in [5.74, 6) is 0. The second-order valence-corrected chi connectivity index (χ2v) is 7.33. The Bertz CT molecular complexity index is 1060. The molecule has 14 heteroatoms. The Morgan fingerprint density at radius 1 is 1.21 bits per heavy atom. The van der Waals surface area contributed by atoms with Crippen LogP contribution in [0.4, 0.5) is 16.5 Å². The first-order valence-corrected chi connectivity index (χ1v) is 9.78. The molecule has 0 amide bonds. The summed E-state index contributed by atoms with van der Waals surface area (Å²) in [5.41, 5.74) is 1.90. The summed E-state index contributed by atoms with van der Waals surface area (Å²) in [6, 6.07) is 9.67. The van der Waals surface area contributed by atoms with Crippen molar-refractivity contribution in [3.8, 4) is 0 Å². The van der Waals surface area contributed by atoms with Crippen molar-refractivity contribution in [1.82, 2.24) is 20.0 Å². The maximum Gasteiger partial charge on any atom is 0.394 e. The minimum Gasteiger partial charge on any atom is -0.330 e. The number of aromatic nitrogens is 4. The van der Waals surface area contributed by atoms with Crippen molar-refractivity contribution in [2.24, 2.45) is 0 Å². The van der Waals surface area contributed by atoms with E-state index in [2.05, 4.69) is 20.6 Å². The Morgan fingerprint density at radius 2 is 1.82 bits per heavy atom. The quantitative estimate of drug-likeness (QED) is 0.311. The number of para-hydroxylation sites is 1. The fourth-order valence-corrected chi connectivity index (χ4v) is 2.99. The Labute approximate surface area is 163 Å². The summed E-state index contributed by atoms with van der Waals surface area (Å²) in [7, 11) is -4.67. The standard InChI is InChI=1S/C14H14N6O2S.H2O4S/c1-9-13(20(21)22)10(2)19(18-9)8-12-16-17-14(23-12)15-11-6-4-3-5-7-11;1-5(2,3)4/h3-7H,8H2,1-2H3,(H,15,17);(H2,1,2,3,4). The summed E-state index contributed by atoms with van der Waals surface area (Å²) in [6.07, 6.45) is 0. The molecule has 0 fully saturated rings. The lowest BCUT2D eigenvalue weighted by atomic mass is 10.3. The minimum absolute atomic E-state index is 0.0529. The fraction of sp³-hybridized carbons (Fsp3) is 0.214. The van der Waals surface area contributed by atoms with Crippen LogP contribution in [0.2, 0.25) is 0 Å². The van der Waals surface area contributed by atoms with Crippen LogP contribution in [0, 0.1) is 24.0 Å². The lowest BCUT2D eigenvalue weighted by Gasteiger charge is -2.00. The third-order valence-electron chi connectivity index (χ3n) is 3.30. The Hall–Kier alpha value is -2.94. The van der Waals surface area contributed by atoms with Gasteiger partial charge in [0, 0.05) is 5.69 Å². The van der Waals surface area contributed by atoms with Crippen LogP contribution in [0.1, 0.15) is 16.4 Å². The van der Waals surface area contributed by atoms with Crippen molar-refractivity contribution < 1.29 is 22.4 Å². The maximum atomic E-state index is 11.0. The van der Waals surface area contributed by atoms with Gasteiger partial charge < -0.3 is 5.32 Å². The molecule has 0 radical (unpaired) electrons. The van der Waals surface area contributed by atoms with Gasteiger partial charge >= 0.3 is 16.1 Å². The molecule has 0 saturated carbocycles. The number of rotatable bonds is 5. The first kappa shape index (κ1) is 21.4. The molecule has 0 aliphatic rings. The van der Waals surface area contributed by atoms with Gasteiger partial charge in [-0.2, -0.15) is 13.5 Å². The molecule has 3 rings (SSSR count). The Balaban J connectivity index is 0.000000500. The molecule has 0 bridgehead atoms. The molecule has 0 saturated heterocycles. The average Bonchev–Trinajstić information content (AvgIpc) is 3.11. The molecular formula is C14H16N6O6S2. The van der Waals surface area contributed by atoms with Crippen LogP contribution in [0.5, 0.6) is 0 Å². The van der Waals surface area contributed by atoms with E-state index in [0.717, 1.165) is 10.7 Å². The van der Waals surface area contributed by atoms with Crippen LogP contribution >= 0.6 is 11.3 Å². The van der Waals surface area contributed by atoms with Gasteiger partial charge in [0.2, 0.25) is 5.13 Å². The Morgan fingerprint density at radius 3 is 2.36 bits per heavy atom. The molecule has 0 spiro atoms. The van der Waals surface area contributed by atoms with Gasteiger partial charge in [-0.15, -0.1) is 10.2 Å². The van der Waals surface area contributed by atoms with Crippen molar-refractivity contribution >= 4 is 38.2 Å². The zero-order valence-corrected chi connectivity index (χ0v) is 16.3. The van der Waals surface area contributed by atoms with Crippen molar-refractivity contribution in [2.45, 2.75) is 20.4 Å². The lowest BCUT2D eigenvalue weighted by Crippen LogP contribution is -2.04. The zero-order valence-electron chi connectivity index (χ0n) is 14.7. The van der Waals surface area contributed by atoms with Crippen LogP contribution in [0.3, 0.4) is 0 Å². The number of nitrogens with zero attached hydrogens (tertiary/aromatic N) is 5. The highest BCUT2D eigenvalue weighted by molar-refractivity contribution is 7.79. The van der Waals surface area contributed by atoms with Gasteiger partial charge in [-0.1, -0.05) is 29.5 Å². The van der Waals surface area contributed by atoms with Crippen molar-refractivity contribution in [3.05, 3.63) is 56.8 Å². The molecule has 0 unspecified atom stereocenters. The number of anilines is 2. The number of aryl methyl sites for hydroxylation is 1. The first-order chi connectivity index (χ1) is 13.0. The van der Waals surface area contributed by atoms with Gasteiger partial charge in [-0.25, -0.2) is 0 Å². The third-order valence-corrected chi connectivity index (χ3v) is 4.13. The molecule has 0 atom stereocenters. The van der Waals surface area contributed by atoms with E-state index in [-0.39, 0.29) is 5.69 Å². The van der Waals surface area contributed by atoms with Gasteiger partial charge in [0.25, 0.3) is 0 Å². The topological polar surface area (TPSA) is 173 Å². The van der Waals surface area contributed by atoms with Gasteiger partial charge in [0.1, 0.15) is 16.4 Å². The predicted octanol–water partition coefficient (Wildman–Crippen LogP) is 2.40. The number of hydrogen-bond donors (Lipinski definition) is 3. The number of benzene rings is 1. The molecular weight excluding hydrogens is 412 g/mol. The molecule has 28 heavy (non-hydrogen) atoms. The molecule has 12 nitrogen and oxygen atoms in total.